The average molecular weight is 357 g/mol. The Balaban J connectivity index is 1.57. The van der Waals surface area contributed by atoms with Gasteiger partial charge in [-0.1, -0.05) is 29.5 Å². The maximum absolute atomic E-state index is 13.2. The molecule has 1 N–H and O–H groups in total. The van der Waals surface area contributed by atoms with Crippen LogP contribution in [0.2, 0.25) is 0 Å². The molecule has 128 valence electrons. The summed E-state index contributed by atoms with van der Waals surface area (Å²) in [7, 11) is 1.63. The van der Waals surface area contributed by atoms with Crippen LogP contribution in [0.4, 0.5) is 9.52 Å². The summed E-state index contributed by atoms with van der Waals surface area (Å²) in [6.45, 7) is 0. The first kappa shape index (κ1) is 17.0. The van der Waals surface area contributed by atoms with Crippen molar-refractivity contribution in [2.45, 2.75) is 12.8 Å². The number of benzene rings is 2. The molecular weight excluding hydrogens is 341 g/mol. The number of nitrogens with zero attached hydrogens (tertiary/aromatic N) is 2. The van der Waals surface area contributed by atoms with E-state index in [0.717, 1.165) is 23.6 Å². The Labute approximate surface area is 148 Å². The molecule has 0 saturated carbocycles. The molecule has 2 aromatic carbocycles. The van der Waals surface area contributed by atoms with Crippen molar-refractivity contribution < 1.29 is 13.9 Å². The fourth-order valence-corrected chi connectivity index (χ4v) is 2.98. The van der Waals surface area contributed by atoms with Gasteiger partial charge in [-0.2, -0.15) is 0 Å². The number of carbonyl (C=O) groups excluding carboxylic acids is 1. The van der Waals surface area contributed by atoms with Crippen LogP contribution in [0.15, 0.2) is 48.5 Å². The van der Waals surface area contributed by atoms with Crippen molar-refractivity contribution in [2.75, 3.05) is 12.4 Å². The molecule has 1 amide bonds. The number of hydrogen-bond donors (Lipinski definition) is 1. The lowest BCUT2D eigenvalue weighted by Gasteiger charge is -2.02. The summed E-state index contributed by atoms with van der Waals surface area (Å²) in [5, 5.41) is 11.9. The highest BCUT2D eigenvalue weighted by atomic mass is 32.1. The maximum atomic E-state index is 13.2. The largest absolute Gasteiger partial charge is 0.497 e. The number of anilines is 1. The van der Waals surface area contributed by atoms with Crippen molar-refractivity contribution in [1.29, 1.82) is 0 Å². The summed E-state index contributed by atoms with van der Waals surface area (Å²) < 4.78 is 18.3. The van der Waals surface area contributed by atoms with Gasteiger partial charge in [-0.15, -0.1) is 10.2 Å². The molecule has 0 radical (unpaired) electrons. The number of aromatic nitrogens is 2. The number of aryl methyl sites for hydroxylation is 2. The van der Waals surface area contributed by atoms with Crippen LogP contribution < -0.4 is 10.1 Å². The van der Waals surface area contributed by atoms with E-state index in [1.165, 1.54) is 35.1 Å². The number of rotatable bonds is 6. The second kappa shape index (κ2) is 7.85. The van der Waals surface area contributed by atoms with Gasteiger partial charge in [0.1, 0.15) is 16.6 Å². The van der Waals surface area contributed by atoms with E-state index >= 15 is 0 Å². The van der Waals surface area contributed by atoms with Crippen LogP contribution in [0.3, 0.4) is 0 Å². The van der Waals surface area contributed by atoms with E-state index in [-0.39, 0.29) is 5.56 Å². The van der Waals surface area contributed by atoms with Gasteiger partial charge in [0.2, 0.25) is 5.13 Å². The highest BCUT2D eigenvalue weighted by Crippen LogP contribution is 2.19. The molecule has 1 aromatic heterocycles. The van der Waals surface area contributed by atoms with Gasteiger partial charge in [0.25, 0.3) is 5.91 Å². The van der Waals surface area contributed by atoms with E-state index in [1.54, 1.807) is 13.2 Å². The fourth-order valence-electron chi connectivity index (χ4n) is 2.25. The van der Waals surface area contributed by atoms with E-state index in [2.05, 4.69) is 15.5 Å². The van der Waals surface area contributed by atoms with Crippen LogP contribution in [0.25, 0.3) is 0 Å². The normalized spacial score (nSPS) is 10.5. The van der Waals surface area contributed by atoms with Gasteiger partial charge in [-0.3, -0.25) is 10.1 Å². The van der Waals surface area contributed by atoms with Crippen molar-refractivity contribution >= 4 is 22.4 Å². The third-order valence-corrected chi connectivity index (χ3v) is 4.46. The Hall–Kier alpha value is -2.80. The molecule has 0 aliphatic carbocycles. The van der Waals surface area contributed by atoms with Gasteiger partial charge >= 0.3 is 0 Å². The van der Waals surface area contributed by atoms with Crippen molar-refractivity contribution in [1.82, 2.24) is 10.2 Å². The summed E-state index contributed by atoms with van der Waals surface area (Å²) in [5.41, 5.74) is 1.41. The summed E-state index contributed by atoms with van der Waals surface area (Å²) in [5.74, 6) is -0.0375. The summed E-state index contributed by atoms with van der Waals surface area (Å²) in [6.07, 6.45) is 1.54. The number of hydrogen-bond acceptors (Lipinski definition) is 5. The van der Waals surface area contributed by atoms with E-state index < -0.39 is 11.7 Å². The molecule has 3 rings (SSSR count). The Kier molecular flexibility index (Phi) is 5.35. The summed E-state index contributed by atoms with van der Waals surface area (Å²) in [4.78, 5) is 12.1. The van der Waals surface area contributed by atoms with E-state index in [9.17, 15) is 9.18 Å². The second-order valence-corrected chi connectivity index (χ2v) is 6.38. The molecule has 3 aromatic rings. The van der Waals surface area contributed by atoms with Crippen LogP contribution >= 0.6 is 11.3 Å². The monoisotopic (exact) mass is 357 g/mol. The van der Waals surface area contributed by atoms with E-state index in [4.69, 9.17) is 4.74 Å². The number of nitrogens with one attached hydrogen (secondary N) is 1. The van der Waals surface area contributed by atoms with Crippen LogP contribution in [0, 0.1) is 5.82 Å². The van der Waals surface area contributed by atoms with Gasteiger partial charge in [-0.05, 0) is 42.3 Å². The lowest BCUT2D eigenvalue weighted by Crippen LogP contribution is -2.11. The van der Waals surface area contributed by atoms with Gasteiger partial charge < -0.3 is 4.74 Å². The second-order valence-electron chi connectivity index (χ2n) is 5.31. The van der Waals surface area contributed by atoms with Crippen molar-refractivity contribution in [3.8, 4) is 5.75 Å². The van der Waals surface area contributed by atoms with Crippen LogP contribution in [0.1, 0.15) is 20.9 Å². The zero-order chi connectivity index (χ0) is 17.6. The minimum absolute atomic E-state index is 0.245. The standard InChI is InChI=1S/C18H16FN3O2S/c1-24-15-8-5-12(6-9-15)7-10-16-21-22-18(25-16)20-17(23)13-3-2-4-14(19)11-13/h2-6,8-9,11H,7,10H2,1H3,(H,20,22,23). The molecular formula is C18H16FN3O2S. The topological polar surface area (TPSA) is 64.1 Å². The van der Waals surface area contributed by atoms with Crippen LogP contribution in [0.5, 0.6) is 5.75 Å². The van der Waals surface area contributed by atoms with Gasteiger partial charge in [-0.25, -0.2) is 4.39 Å². The molecule has 5 nitrogen and oxygen atoms in total. The maximum Gasteiger partial charge on any atom is 0.257 e. The lowest BCUT2D eigenvalue weighted by atomic mass is 10.1. The first-order valence-electron chi connectivity index (χ1n) is 7.66. The Morgan fingerprint density at radius 3 is 2.68 bits per heavy atom. The molecule has 0 bridgehead atoms. The third-order valence-electron chi connectivity index (χ3n) is 3.56. The number of carbonyl (C=O) groups is 1. The molecule has 0 atom stereocenters. The Bertz CT molecular complexity index is 865. The number of methoxy groups -OCH3 is 1. The van der Waals surface area contributed by atoms with Crippen molar-refractivity contribution in [2.24, 2.45) is 0 Å². The molecule has 0 aliphatic rings. The minimum Gasteiger partial charge on any atom is -0.497 e. The quantitative estimate of drug-likeness (QED) is 0.730. The van der Waals surface area contributed by atoms with Gasteiger partial charge in [0, 0.05) is 12.0 Å². The molecule has 0 fully saturated rings. The fraction of sp³-hybridized carbons (Fsp3) is 0.167. The predicted molar refractivity (Wildman–Crippen MR) is 94.7 cm³/mol. The first-order chi connectivity index (χ1) is 12.1. The summed E-state index contributed by atoms with van der Waals surface area (Å²) in [6, 6.07) is 13.4. The molecule has 0 unspecified atom stereocenters. The SMILES string of the molecule is COc1ccc(CCc2nnc(NC(=O)c3cccc(F)c3)s2)cc1. The highest BCUT2D eigenvalue weighted by molar-refractivity contribution is 7.15. The molecule has 0 aliphatic heterocycles. The van der Waals surface area contributed by atoms with Crippen molar-refractivity contribution in [3.05, 3.63) is 70.5 Å². The van der Waals surface area contributed by atoms with Gasteiger partial charge in [0.15, 0.2) is 0 Å². The molecule has 25 heavy (non-hydrogen) atoms. The van der Waals surface area contributed by atoms with Crippen LogP contribution in [-0.4, -0.2) is 23.2 Å². The molecule has 0 saturated heterocycles. The number of halogens is 1. The first-order valence-corrected chi connectivity index (χ1v) is 8.48. The minimum atomic E-state index is -0.454. The summed E-state index contributed by atoms with van der Waals surface area (Å²) >= 11 is 1.31. The van der Waals surface area contributed by atoms with E-state index in [0.29, 0.717) is 5.13 Å². The Morgan fingerprint density at radius 2 is 1.96 bits per heavy atom. The zero-order valence-corrected chi connectivity index (χ0v) is 14.3. The molecule has 7 heteroatoms. The molecule has 1 heterocycles. The number of ether oxygens (including phenoxy) is 1. The van der Waals surface area contributed by atoms with Crippen molar-refractivity contribution in [3.63, 3.8) is 0 Å². The zero-order valence-electron chi connectivity index (χ0n) is 13.5. The third kappa shape index (κ3) is 4.60. The Morgan fingerprint density at radius 1 is 1.16 bits per heavy atom. The van der Waals surface area contributed by atoms with Crippen LogP contribution in [-0.2, 0) is 12.8 Å². The van der Waals surface area contributed by atoms with Gasteiger partial charge in [0.05, 0.1) is 7.11 Å². The highest BCUT2D eigenvalue weighted by Gasteiger charge is 2.11. The molecule has 0 spiro atoms. The predicted octanol–water partition coefficient (Wildman–Crippen LogP) is 3.72. The lowest BCUT2D eigenvalue weighted by molar-refractivity contribution is 0.102. The smallest absolute Gasteiger partial charge is 0.257 e. The average Bonchev–Trinajstić information content (AvgIpc) is 3.08. The number of amides is 1. The van der Waals surface area contributed by atoms with E-state index in [1.807, 2.05) is 24.3 Å².